The molecule has 186 valence electrons. The Balaban J connectivity index is 1.54. The van der Waals surface area contributed by atoms with Crippen molar-refractivity contribution in [2.24, 2.45) is 0 Å². The molecule has 8 nitrogen and oxygen atoms in total. The molecule has 36 heavy (non-hydrogen) atoms. The lowest BCUT2D eigenvalue weighted by atomic mass is 9.70. The topological polar surface area (TPSA) is 122 Å². The highest BCUT2D eigenvalue weighted by atomic mass is 16.5. The molecule has 2 aliphatic heterocycles. The van der Waals surface area contributed by atoms with E-state index in [0.717, 1.165) is 12.0 Å². The summed E-state index contributed by atoms with van der Waals surface area (Å²) in [6.45, 7) is 6.85. The molecular formula is C28H27NO7. The molecule has 0 bridgehead atoms. The van der Waals surface area contributed by atoms with Gasteiger partial charge in [-0.1, -0.05) is 24.3 Å². The number of aromatic hydroxyl groups is 2. The predicted octanol–water partition coefficient (Wildman–Crippen LogP) is 3.47. The molecule has 2 aromatic rings. The van der Waals surface area contributed by atoms with Gasteiger partial charge in [-0.25, -0.2) is 0 Å². The molecule has 2 aromatic carbocycles. The number of phenols is 2. The van der Waals surface area contributed by atoms with Crippen molar-refractivity contribution in [3.8, 4) is 17.2 Å². The van der Waals surface area contributed by atoms with Crippen LogP contribution in [0.3, 0.4) is 0 Å². The number of hydrogen-bond donors (Lipinski definition) is 3. The minimum atomic E-state index is -1.54. The van der Waals surface area contributed by atoms with E-state index in [1.807, 2.05) is 18.2 Å². The summed E-state index contributed by atoms with van der Waals surface area (Å²) in [5, 5.41) is 24.6. The van der Waals surface area contributed by atoms with Crippen molar-refractivity contribution in [2.45, 2.75) is 45.6 Å². The van der Waals surface area contributed by atoms with Gasteiger partial charge in [-0.2, -0.15) is 0 Å². The van der Waals surface area contributed by atoms with Crippen LogP contribution in [0.1, 0.15) is 59.5 Å². The van der Waals surface area contributed by atoms with Crippen molar-refractivity contribution >= 4 is 17.3 Å². The van der Waals surface area contributed by atoms with Crippen molar-refractivity contribution in [1.29, 1.82) is 0 Å². The highest BCUT2D eigenvalue weighted by molar-refractivity contribution is 6.31. The summed E-state index contributed by atoms with van der Waals surface area (Å²) in [5.74, 6) is -2.45. The third-order valence-electron chi connectivity index (χ3n) is 7.40. The predicted molar refractivity (Wildman–Crippen MR) is 130 cm³/mol. The Morgan fingerprint density at radius 3 is 2.61 bits per heavy atom. The molecule has 0 spiro atoms. The zero-order chi connectivity index (χ0) is 25.9. The second kappa shape index (κ2) is 8.34. The van der Waals surface area contributed by atoms with Gasteiger partial charge >= 0.3 is 0 Å². The highest BCUT2D eigenvalue weighted by Crippen LogP contribution is 2.57. The standard InChI is InChI=1S/C28H27NO7/c1-13-24(32)22(15(3)30)26-23(25(13)33)28(4)20(36-26)11-18(31)21(27(28)34)14(2)29-12-19-17-8-6-5-7-16(17)9-10-35-19/h5-8,11,19,29,32-33H,9-10,12H2,1-4H3/b21-14+/t19?,28-/m0/s1. The van der Waals surface area contributed by atoms with E-state index in [2.05, 4.69) is 11.4 Å². The SMILES string of the molecule is CC(=O)c1c(O)c(C)c(O)c2c1OC1=CC(=O)/C(=C(/C)NCC3OCCc4ccccc43)C(=O)[C@@]12C. The molecule has 3 N–H and O–H groups in total. The number of benzene rings is 2. The summed E-state index contributed by atoms with van der Waals surface area (Å²) < 4.78 is 11.7. The minimum absolute atomic E-state index is 0.0105. The number of fused-ring (bicyclic) bond motifs is 4. The normalized spacial score (nSPS) is 23.8. The number of ether oxygens (including phenoxy) is 2. The van der Waals surface area contributed by atoms with Gasteiger partial charge in [-0.05, 0) is 45.2 Å². The maximum atomic E-state index is 13.9. The summed E-state index contributed by atoms with van der Waals surface area (Å²) in [6.07, 6.45) is 1.81. The van der Waals surface area contributed by atoms with Crippen LogP contribution in [0.2, 0.25) is 0 Å². The zero-order valence-electron chi connectivity index (χ0n) is 20.5. The van der Waals surface area contributed by atoms with Crippen LogP contribution < -0.4 is 10.1 Å². The summed E-state index contributed by atoms with van der Waals surface area (Å²) in [6, 6.07) is 8.01. The number of phenolic OH excluding ortho intramolecular Hbond substituents is 2. The third kappa shape index (κ3) is 3.28. The van der Waals surface area contributed by atoms with E-state index in [-0.39, 0.29) is 45.6 Å². The molecular weight excluding hydrogens is 462 g/mol. The molecule has 0 saturated carbocycles. The monoisotopic (exact) mass is 489 g/mol. The number of carbonyl (C=O) groups is 3. The maximum Gasteiger partial charge on any atom is 0.194 e. The van der Waals surface area contributed by atoms with E-state index in [1.165, 1.54) is 25.5 Å². The number of allylic oxidation sites excluding steroid dienone is 4. The fourth-order valence-electron chi connectivity index (χ4n) is 5.34. The Labute approximate surface area is 208 Å². The molecule has 0 aromatic heterocycles. The van der Waals surface area contributed by atoms with Gasteiger partial charge in [0.25, 0.3) is 0 Å². The Morgan fingerprint density at radius 1 is 1.17 bits per heavy atom. The zero-order valence-corrected chi connectivity index (χ0v) is 20.5. The quantitative estimate of drug-likeness (QED) is 0.339. The summed E-state index contributed by atoms with van der Waals surface area (Å²) in [5.41, 5.74) is 1.05. The first-order chi connectivity index (χ1) is 17.1. The fourth-order valence-corrected chi connectivity index (χ4v) is 5.34. The summed E-state index contributed by atoms with van der Waals surface area (Å²) >= 11 is 0. The van der Waals surface area contributed by atoms with Crippen LogP contribution in [0.25, 0.3) is 0 Å². The van der Waals surface area contributed by atoms with Crippen LogP contribution in [0.5, 0.6) is 17.2 Å². The molecule has 3 aliphatic rings. The second-order valence-corrected chi connectivity index (χ2v) is 9.58. The Morgan fingerprint density at radius 2 is 1.89 bits per heavy atom. The number of hydrogen-bond acceptors (Lipinski definition) is 8. The van der Waals surface area contributed by atoms with E-state index in [4.69, 9.17) is 9.47 Å². The van der Waals surface area contributed by atoms with Crippen LogP contribution >= 0.6 is 0 Å². The molecule has 0 amide bonds. The highest BCUT2D eigenvalue weighted by Gasteiger charge is 2.56. The second-order valence-electron chi connectivity index (χ2n) is 9.58. The van der Waals surface area contributed by atoms with Crippen molar-refractivity contribution in [3.05, 3.63) is 75.2 Å². The summed E-state index contributed by atoms with van der Waals surface area (Å²) in [4.78, 5) is 39.3. The van der Waals surface area contributed by atoms with Crippen LogP contribution in [0.15, 0.2) is 47.4 Å². The van der Waals surface area contributed by atoms with Crippen molar-refractivity contribution in [1.82, 2.24) is 5.32 Å². The van der Waals surface area contributed by atoms with E-state index < -0.39 is 28.5 Å². The van der Waals surface area contributed by atoms with Gasteiger partial charge < -0.3 is 25.0 Å². The van der Waals surface area contributed by atoms with Crippen LogP contribution in [-0.2, 0) is 26.2 Å². The lowest BCUT2D eigenvalue weighted by molar-refractivity contribution is -0.123. The number of ketones is 3. The van der Waals surface area contributed by atoms with Crippen LogP contribution in [0, 0.1) is 6.92 Å². The average molecular weight is 490 g/mol. The molecule has 2 heterocycles. The first-order valence-corrected chi connectivity index (χ1v) is 11.8. The molecule has 8 heteroatoms. The Kier molecular flexibility index (Phi) is 5.52. The van der Waals surface area contributed by atoms with Crippen LogP contribution in [0.4, 0.5) is 0 Å². The van der Waals surface area contributed by atoms with Gasteiger partial charge in [-0.3, -0.25) is 14.4 Å². The number of carbonyl (C=O) groups excluding carboxylic acids is 3. The first-order valence-electron chi connectivity index (χ1n) is 11.8. The largest absolute Gasteiger partial charge is 0.507 e. The Hall–Kier alpha value is -3.91. The number of nitrogens with one attached hydrogen (secondary N) is 1. The number of Topliss-reactive ketones (excluding diaryl/α,β-unsaturated/α-hetero) is 2. The molecule has 5 rings (SSSR count). The van der Waals surface area contributed by atoms with E-state index in [1.54, 1.807) is 13.8 Å². The van der Waals surface area contributed by atoms with E-state index in [9.17, 15) is 24.6 Å². The van der Waals surface area contributed by atoms with Crippen molar-refractivity contribution in [2.75, 3.05) is 13.2 Å². The molecule has 0 radical (unpaired) electrons. The number of rotatable bonds is 4. The van der Waals surface area contributed by atoms with E-state index in [0.29, 0.717) is 18.8 Å². The lowest BCUT2D eigenvalue weighted by Gasteiger charge is -2.30. The van der Waals surface area contributed by atoms with Gasteiger partial charge in [-0.15, -0.1) is 0 Å². The first kappa shape index (κ1) is 23.8. The Bertz CT molecular complexity index is 1420. The van der Waals surface area contributed by atoms with E-state index >= 15 is 0 Å². The minimum Gasteiger partial charge on any atom is -0.507 e. The average Bonchev–Trinajstić information content (AvgIpc) is 3.14. The van der Waals surface area contributed by atoms with Gasteiger partial charge in [0.05, 0.1) is 23.8 Å². The van der Waals surface area contributed by atoms with Gasteiger partial charge in [0.2, 0.25) is 0 Å². The lowest BCUT2D eigenvalue weighted by Crippen LogP contribution is -2.41. The van der Waals surface area contributed by atoms with Crippen molar-refractivity contribution in [3.63, 3.8) is 0 Å². The fraction of sp³-hybridized carbons (Fsp3) is 0.321. The molecule has 0 fully saturated rings. The molecule has 1 unspecified atom stereocenters. The van der Waals surface area contributed by atoms with Gasteiger partial charge in [0, 0.05) is 23.9 Å². The molecule has 2 atom stereocenters. The maximum absolute atomic E-state index is 13.9. The van der Waals surface area contributed by atoms with Crippen molar-refractivity contribution < 1.29 is 34.1 Å². The molecule has 0 saturated heterocycles. The summed E-state index contributed by atoms with van der Waals surface area (Å²) in [7, 11) is 0. The van der Waals surface area contributed by atoms with Gasteiger partial charge in [0.15, 0.2) is 17.3 Å². The smallest absolute Gasteiger partial charge is 0.194 e. The van der Waals surface area contributed by atoms with Crippen LogP contribution in [-0.4, -0.2) is 40.7 Å². The third-order valence-corrected chi connectivity index (χ3v) is 7.40. The van der Waals surface area contributed by atoms with Gasteiger partial charge in [0.1, 0.15) is 34.0 Å². The molecule has 1 aliphatic carbocycles.